The van der Waals surface area contributed by atoms with Crippen LogP contribution >= 0.6 is 0 Å². The molecule has 2 saturated carbocycles. The van der Waals surface area contributed by atoms with Crippen molar-refractivity contribution in [2.24, 2.45) is 0 Å². The number of nitrogens with one attached hydrogen (secondary N) is 1. The molecule has 0 radical (unpaired) electrons. The molecule has 1 aliphatic heterocycles. The summed E-state index contributed by atoms with van der Waals surface area (Å²) < 4.78 is 6.01. The largest absolute Gasteiger partial charge is 0.394 e. The molecule has 0 aromatic heterocycles. The fourth-order valence-corrected chi connectivity index (χ4v) is 4.89. The molecule has 4 atom stereocenters. The van der Waals surface area contributed by atoms with Crippen LogP contribution in [0, 0.1) is 0 Å². The van der Waals surface area contributed by atoms with Gasteiger partial charge in [0.05, 0.1) is 19.3 Å². The van der Waals surface area contributed by atoms with E-state index in [0.717, 1.165) is 26.0 Å². The summed E-state index contributed by atoms with van der Waals surface area (Å²) in [6.07, 6.45) is 9.08. The predicted octanol–water partition coefficient (Wildman–Crippen LogP) is 1.91. The lowest BCUT2D eigenvalue weighted by molar-refractivity contribution is -0.102. The third kappa shape index (κ3) is 3.29. The molecule has 4 heteroatoms. The summed E-state index contributed by atoms with van der Waals surface area (Å²) in [4.78, 5) is 2.73. The third-order valence-corrected chi connectivity index (χ3v) is 5.72. The summed E-state index contributed by atoms with van der Waals surface area (Å²) >= 11 is 0. The van der Waals surface area contributed by atoms with Gasteiger partial charge < -0.3 is 15.2 Å². The van der Waals surface area contributed by atoms with Crippen LogP contribution in [0.5, 0.6) is 0 Å². The number of fused-ring (bicyclic) bond motifs is 1. The molecular formula is C17H32N2O2. The monoisotopic (exact) mass is 296 g/mol. The Balaban J connectivity index is 1.66. The number of rotatable bonds is 4. The van der Waals surface area contributed by atoms with E-state index in [-0.39, 0.29) is 12.1 Å². The fraction of sp³-hybridized carbons (Fsp3) is 1.00. The van der Waals surface area contributed by atoms with E-state index < -0.39 is 0 Å². The van der Waals surface area contributed by atoms with Gasteiger partial charge in [0, 0.05) is 30.2 Å². The molecule has 4 unspecified atom stereocenters. The molecule has 2 aliphatic carbocycles. The van der Waals surface area contributed by atoms with Crippen LogP contribution in [0.3, 0.4) is 0 Å². The lowest BCUT2D eigenvalue weighted by atomic mass is 9.88. The minimum absolute atomic E-state index is 0.0543. The van der Waals surface area contributed by atoms with Crippen LogP contribution in [0.25, 0.3) is 0 Å². The minimum Gasteiger partial charge on any atom is -0.394 e. The fourth-order valence-electron chi connectivity index (χ4n) is 4.89. The van der Waals surface area contributed by atoms with Crippen molar-refractivity contribution in [3.8, 4) is 0 Å². The second kappa shape index (κ2) is 6.53. The van der Waals surface area contributed by atoms with E-state index in [0.29, 0.717) is 24.2 Å². The Hall–Kier alpha value is -0.160. The highest BCUT2D eigenvalue weighted by Crippen LogP contribution is 2.38. The maximum Gasteiger partial charge on any atom is 0.0731 e. The Labute approximate surface area is 129 Å². The van der Waals surface area contributed by atoms with E-state index in [1.165, 1.54) is 32.1 Å². The molecule has 0 bridgehead atoms. The minimum atomic E-state index is -0.0543. The highest BCUT2D eigenvalue weighted by molar-refractivity contribution is 5.02. The van der Waals surface area contributed by atoms with E-state index in [9.17, 15) is 5.11 Å². The van der Waals surface area contributed by atoms with Crippen LogP contribution in [-0.4, -0.2) is 59.5 Å². The zero-order chi connectivity index (χ0) is 14.9. The zero-order valence-electron chi connectivity index (χ0n) is 13.7. The first-order chi connectivity index (χ1) is 10.1. The van der Waals surface area contributed by atoms with Gasteiger partial charge in [0.15, 0.2) is 0 Å². The average molecular weight is 296 g/mol. The van der Waals surface area contributed by atoms with Crippen LogP contribution < -0.4 is 5.32 Å². The van der Waals surface area contributed by atoms with Crippen molar-refractivity contribution in [1.29, 1.82) is 0 Å². The molecule has 1 saturated heterocycles. The maximum atomic E-state index is 9.91. The second-order valence-electron chi connectivity index (χ2n) is 7.63. The maximum absolute atomic E-state index is 9.91. The molecule has 0 aromatic rings. The van der Waals surface area contributed by atoms with Gasteiger partial charge in [-0.15, -0.1) is 0 Å². The molecule has 21 heavy (non-hydrogen) atoms. The van der Waals surface area contributed by atoms with Crippen LogP contribution in [0.2, 0.25) is 0 Å². The second-order valence-corrected chi connectivity index (χ2v) is 7.63. The Kier molecular flexibility index (Phi) is 4.89. The Morgan fingerprint density at radius 3 is 2.86 bits per heavy atom. The van der Waals surface area contributed by atoms with E-state index in [4.69, 9.17) is 4.74 Å². The van der Waals surface area contributed by atoms with E-state index in [2.05, 4.69) is 24.1 Å². The molecule has 2 N–H and O–H groups in total. The zero-order valence-corrected chi connectivity index (χ0v) is 13.7. The molecule has 122 valence electrons. The van der Waals surface area contributed by atoms with Crippen molar-refractivity contribution in [1.82, 2.24) is 10.2 Å². The number of hydrogen-bond acceptors (Lipinski definition) is 4. The molecule has 0 aromatic carbocycles. The molecule has 0 amide bonds. The van der Waals surface area contributed by atoms with E-state index >= 15 is 0 Å². The van der Waals surface area contributed by atoms with Crippen molar-refractivity contribution in [3.05, 3.63) is 0 Å². The van der Waals surface area contributed by atoms with Crippen molar-refractivity contribution in [3.63, 3.8) is 0 Å². The van der Waals surface area contributed by atoms with E-state index in [1.807, 2.05) is 0 Å². The van der Waals surface area contributed by atoms with Crippen molar-refractivity contribution < 1.29 is 9.84 Å². The standard InChI is InChI=1S/C17H32N2O2/c1-13(2)18-17(12-20)8-7-14(11-17)19-9-10-21-16-6-4-3-5-15(16)19/h13-16,18,20H,3-12H2,1-2H3. The number of aliphatic hydroxyl groups excluding tert-OH is 1. The number of nitrogens with zero attached hydrogens (tertiary/aromatic N) is 1. The van der Waals surface area contributed by atoms with Gasteiger partial charge in [0.1, 0.15) is 0 Å². The molecule has 3 fully saturated rings. The van der Waals surface area contributed by atoms with Crippen LogP contribution in [0.15, 0.2) is 0 Å². The normalized spacial score (nSPS) is 41.4. The summed E-state index contributed by atoms with van der Waals surface area (Å²) in [6, 6.07) is 1.69. The number of aliphatic hydroxyl groups is 1. The summed E-state index contributed by atoms with van der Waals surface area (Å²) in [6.45, 7) is 6.59. The van der Waals surface area contributed by atoms with Gasteiger partial charge in [-0.05, 0) is 32.1 Å². The lowest BCUT2D eigenvalue weighted by Gasteiger charge is -2.47. The van der Waals surface area contributed by atoms with Gasteiger partial charge >= 0.3 is 0 Å². The van der Waals surface area contributed by atoms with Gasteiger partial charge in [0.25, 0.3) is 0 Å². The van der Waals surface area contributed by atoms with Crippen LogP contribution in [0.4, 0.5) is 0 Å². The summed E-state index contributed by atoms with van der Waals surface area (Å²) in [5.41, 5.74) is -0.0543. The van der Waals surface area contributed by atoms with Gasteiger partial charge in [-0.3, -0.25) is 4.90 Å². The van der Waals surface area contributed by atoms with Crippen LogP contribution in [0.1, 0.15) is 58.8 Å². The first-order valence-corrected chi connectivity index (χ1v) is 8.89. The number of ether oxygens (including phenoxy) is 1. The van der Waals surface area contributed by atoms with Gasteiger partial charge in [0.2, 0.25) is 0 Å². The van der Waals surface area contributed by atoms with E-state index in [1.54, 1.807) is 0 Å². The predicted molar refractivity (Wildman–Crippen MR) is 84.4 cm³/mol. The first kappa shape index (κ1) is 15.7. The SMILES string of the molecule is CC(C)NC1(CO)CCC(N2CCOC3CCCCC32)C1. The Morgan fingerprint density at radius 2 is 2.10 bits per heavy atom. The van der Waals surface area contributed by atoms with Gasteiger partial charge in [-0.1, -0.05) is 26.7 Å². The quantitative estimate of drug-likeness (QED) is 0.832. The molecule has 0 spiro atoms. The third-order valence-electron chi connectivity index (χ3n) is 5.72. The van der Waals surface area contributed by atoms with Crippen molar-refractivity contribution in [2.75, 3.05) is 19.8 Å². The summed E-state index contributed by atoms with van der Waals surface area (Å²) in [5, 5.41) is 13.5. The molecule has 3 rings (SSSR count). The smallest absolute Gasteiger partial charge is 0.0731 e. The van der Waals surface area contributed by atoms with Gasteiger partial charge in [-0.25, -0.2) is 0 Å². The summed E-state index contributed by atoms with van der Waals surface area (Å²) in [7, 11) is 0. The topological polar surface area (TPSA) is 44.7 Å². The molecule has 4 nitrogen and oxygen atoms in total. The van der Waals surface area contributed by atoms with Crippen molar-refractivity contribution >= 4 is 0 Å². The summed E-state index contributed by atoms with van der Waals surface area (Å²) in [5.74, 6) is 0. The Bertz CT molecular complexity index is 348. The van der Waals surface area contributed by atoms with Crippen LogP contribution in [-0.2, 0) is 4.74 Å². The molecule has 3 aliphatic rings. The molecule has 1 heterocycles. The lowest BCUT2D eigenvalue weighted by Crippen LogP contribution is -2.57. The van der Waals surface area contributed by atoms with Gasteiger partial charge in [-0.2, -0.15) is 0 Å². The highest BCUT2D eigenvalue weighted by Gasteiger charge is 2.45. The van der Waals surface area contributed by atoms with Crippen molar-refractivity contribution in [2.45, 2.75) is 88.6 Å². The average Bonchev–Trinajstić information content (AvgIpc) is 2.90. The number of morpholine rings is 1. The Morgan fingerprint density at radius 1 is 1.29 bits per heavy atom. The highest BCUT2D eigenvalue weighted by atomic mass is 16.5. The first-order valence-electron chi connectivity index (χ1n) is 8.89. The molecular weight excluding hydrogens is 264 g/mol. The number of hydrogen-bond donors (Lipinski definition) is 2.